The van der Waals surface area contributed by atoms with Crippen LogP contribution in [0, 0.1) is 0 Å². The van der Waals surface area contributed by atoms with Crippen molar-refractivity contribution < 1.29 is 19.1 Å². The number of hydrogen-bond acceptors (Lipinski definition) is 4. The minimum absolute atomic E-state index is 0.142. The normalized spacial score (nSPS) is 10.0. The second kappa shape index (κ2) is 8.73. The summed E-state index contributed by atoms with van der Waals surface area (Å²) in [6, 6.07) is 12.5. The van der Waals surface area contributed by atoms with Gasteiger partial charge in [0.25, 0.3) is 5.91 Å². The van der Waals surface area contributed by atoms with Crippen LogP contribution < -0.4 is 20.1 Å². The number of carbonyl (C=O) groups excluding carboxylic acids is 2. The van der Waals surface area contributed by atoms with E-state index in [2.05, 4.69) is 10.6 Å². The Bertz CT molecular complexity index is 759. The van der Waals surface area contributed by atoms with E-state index in [4.69, 9.17) is 9.47 Å². The van der Waals surface area contributed by atoms with Gasteiger partial charge < -0.3 is 20.1 Å². The van der Waals surface area contributed by atoms with E-state index in [0.29, 0.717) is 23.6 Å². The summed E-state index contributed by atoms with van der Waals surface area (Å²) in [7, 11) is 4.72. The molecule has 0 unspecified atom stereocenters. The number of benzene rings is 2. The monoisotopic (exact) mass is 342 g/mol. The van der Waals surface area contributed by atoms with Crippen LogP contribution in [0.2, 0.25) is 0 Å². The van der Waals surface area contributed by atoms with E-state index in [1.165, 1.54) is 0 Å². The van der Waals surface area contributed by atoms with Gasteiger partial charge in [0.15, 0.2) is 0 Å². The first-order valence-corrected chi connectivity index (χ1v) is 7.86. The van der Waals surface area contributed by atoms with Crippen molar-refractivity contribution >= 4 is 11.8 Å². The number of ether oxygens (including phenoxy) is 2. The number of hydrogen-bond donors (Lipinski definition) is 2. The van der Waals surface area contributed by atoms with Gasteiger partial charge in [-0.05, 0) is 35.9 Å². The lowest BCUT2D eigenvalue weighted by Crippen LogP contribution is -2.25. The summed E-state index contributed by atoms with van der Waals surface area (Å²) < 4.78 is 10.5. The Labute approximate surface area is 147 Å². The lowest BCUT2D eigenvalue weighted by atomic mass is 10.1. The van der Waals surface area contributed by atoms with Crippen molar-refractivity contribution in [3.8, 4) is 11.5 Å². The van der Waals surface area contributed by atoms with Crippen molar-refractivity contribution in [3.63, 3.8) is 0 Å². The van der Waals surface area contributed by atoms with Crippen LogP contribution in [0.4, 0.5) is 0 Å². The molecular weight excluding hydrogens is 320 g/mol. The van der Waals surface area contributed by atoms with Crippen LogP contribution in [-0.4, -0.2) is 33.1 Å². The van der Waals surface area contributed by atoms with Gasteiger partial charge in [0.1, 0.15) is 11.5 Å². The molecule has 0 aliphatic carbocycles. The van der Waals surface area contributed by atoms with E-state index < -0.39 is 0 Å². The van der Waals surface area contributed by atoms with Gasteiger partial charge in [-0.1, -0.05) is 12.1 Å². The predicted octanol–water partition coefficient (Wildman–Crippen LogP) is 1.92. The lowest BCUT2D eigenvalue weighted by Gasteiger charge is -2.11. The van der Waals surface area contributed by atoms with E-state index >= 15 is 0 Å². The molecule has 25 heavy (non-hydrogen) atoms. The molecule has 2 aromatic rings. The van der Waals surface area contributed by atoms with Crippen molar-refractivity contribution in [1.29, 1.82) is 0 Å². The third-order valence-corrected chi connectivity index (χ3v) is 3.74. The van der Waals surface area contributed by atoms with E-state index in [-0.39, 0.29) is 18.2 Å². The zero-order valence-corrected chi connectivity index (χ0v) is 14.6. The molecule has 0 saturated carbocycles. The third kappa shape index (κ3) is 4.97. The minimum Gasteiger partial charge on any atom is -0.497 e. The van der Waals surface area contributed by atoms with Gasteiger partial charge in [0, 0.05) is 24.7 Å². The maximum atomic E-state index is 12.2. The van der Waals surface area contributed by atoms with Crippen LogP contribution in [0.1, 0.15) is 21.5 Å². The van der Waals surface area contributed by atoms with Crippen LogP contribution >= 0.6 is 0 Å². The van der Waals surface area contributed by atoms with Crippen LogP contribution in [0.25, 0.3) is 0 Å². The summed E-state index contributed by atoms with van der Waals surface area (Å²) >= 11 is 0. The Morgan fingerprint density at radius 1 is 1.04 bits per heavy atom. The van der Waals surface area contributed by atoms with Crippen LogP contribution in [-0.2, 0) is 17.8 Å². The molecule has 0 radical (unpaired) electrons. The Kier molecular flexibility index (Phi) is 6.39. The second-order valence-electron chi connectivity index (χ2n) is 5.41. The molecular formula is C19H22N2O4. The highest BCUT2D eigenvalue weighted by Gasteiger charge is 2.11. The first-order chi connectivity index (χ1) is 12.1. The summed E-state index contributed by atoms with van der Waals surface area (Å²) in [6.45, 7) is 0.343. The highest BCUT2D eigenvalue weighted by molar-refractivity contribution is 5.94. The molecule has 0 fully saturated rings. The molecule has 0 aliphatic heterocycles. The molecule has 0 saturated heterocycles. The summed E-state index contributed by atoms with van der Waals surface area (Å²) in [6.07, 6.45) is 0.176. The molecule has 0 bridgehead atoms. The summed E-state index contributed by atoms with van der Waals surface area (Å²) in [5, 5.41) is 5.43. The molecule has 0 heterocycles. The van der Waals surface area contributed by atoms with Crippen molar-refractivity contribution in [3.05, 3.63) is 59.2 Å². The Balaban J connectivity index is 2.00. The maximum Gasteiger partial charge on any atom is 0.251 e. The molecule has 2 rings (SSSR count). The van der Waals surface area contributed by atoms with Gasteiger partial charge in [-0.25, -0.2) is 0 Å². The predicted molar refractivity (Wildman–Crippen MR) is 94.9 cm³/mol. The molecule has 132 valence electrons. The standard InChI is InChI=1S/C19H22N2O4/c1-20-19(23)14-6-4-5-13(9-14)12-21-18(22)11-15-10-16(24-2)7-8-17(15)25-3/h4-10H,11-12H2,1-3H3,(H,20,23)(H,21,22). The second-order valence-corrected chi connectivity index (χ2v) is 5.41. The van der Waals surface area contributed by atoms with Crippen molar-refractivity contribution in [2.45, 2.75) is 13.0 Å². The fourth-order valence-electron chi connectivity index (χ4n) is 2.42. The Hall–Kier alpha value is -3.02. The topological polar surface area (TPSA) is 76.7 Å². The van der Waals surface area contributed by atoms with E-state index in [9.17, 15) is 9.59 Å². The first-order valence-electron chi connectivity index (χ1n) is 7.86. The largest absolute Gasteiger partial charge is 0.497 e. The molecule has 6 nitrogen and oxygen atoms in total. The Morgan fingerprint density at radius 3 is 2.52 bits per heavy atom. The highest BCUT2D eigenvalue weighted by Crippen LogP contribution is 2.24. The molecule has 0 atom stereocenters. The van der Waals surface area contributed by atoms with Crippen LogP contribution in [0.15, 0.2) is 42.5 Å². The number of rotatable bonds is 7. The molecule has 6 heteroatoms. The smallest absolute Gasteiger partial charge is 0.251 e. The SMILES string of the molecule is CNC(=O)c1cccc(CNC(=O)Cc2cc(OC)ccc2OC)c1. The average Bonchev–Trinajstić information content (AvgIpc) is 2.65. The fraction of sp³-hybridized carbons (Fsp3) is 0.263. The molecule has 2 aromatic carbocycles. The zero-order valence-electron chi connectivity index (χ0n) is 14.6. The van der Waals surface area contributed by atoms with Crippen LogP contribution in [0.5, 0.6) is 11.5 Å². The summed E-state index contributed by atoms with van der Waals surface area (Å²) in [4.78, 5) is 23.9. The van der Waals surface area contributed by atoms with Gasteiger partial charge in [-0.2, -0.15) is 0 Å². The van der Waals surface area contributed by atoms with Crippen molar-refractivity contribution in [1.82, 2.24) is 10.6 Å². The number of amides is 2. The molecule has 2 N–H and O–H groups in total. The number of methoxy groups -OCH3 is 2. The van der Waals surface area contributed by atoms with Gasteiger partial charge >= 0.3 is 0 Å². The lowest BCUT2D eigenvalue weighted by molar-refractivity contribution is -0.120. The number of nitrogens with one attached hydrogen (secondary N) is 2. The Morgan fingerprint density at radius 2 is 1.84 bits per heavy atom. The molecule has 0 aliphatic rings. The molecule has 2 amide bonds. The van der Waals surface area contributed by atoms with Crippen molar-refractivity contribution in [2.75, 3.05) is 21.3 Å². The van der Waals surface area contributed by atoms with E-state index in [0.717, 1.165) is 11.1 Å². The van der Waals surface area contributed by atoms with E-state index in [1.54, 1.807) is 57.7 Å². The first kappa shape index (κ1) is 18.3. The third-order valence-electron chi connectivity index (χ3n) is 3.74. The van der Waals surface area contributed by atoms with E-state index in [1.807, 2.05) is 6.07 Å². The van der Waals surface area contributed by atoms with Gasteiger partial charge in [-0.15, -0.1) is 0 Å². The highest BCUT2D eigenvalue weighted by atomic mass is 16.5. The quantitative estimate of drug-likeness (QED) is 0.806. The average molecular weight is 342 g/mol. The maximum absolute atomic E-state index is 12.2. The van der Waals surface area contributed by atoms with Crippen LogP contribution in [0.3, 0.4) is 0 Å². The minimum atomic E-state index is -0.158. The van der Waals surface area contributed by atoms with Gasteiger partial charge in [0.2, 0.25) is 5.91 Å². The molecule has 0 spiro atoms. The number of carbonyl (C=O) groups is 2. The zero-order chi connectivity index (χ0) is 18.2. The molecule has 0 aromatic heterocycles. The fourth-order valence-corrected chi connectivity index (χ4v) is 2.42. The van der Waals surface area contributed by atoms with Crippen molar-refractivity contribution in [2.24, 2.45) is 0 Å². The van der Waals surface area contributed by atoms with Gasteiger partial charge in [0.05, 0.1) is 20.6 Å². The van der Waals surface area contributed by atoms with Gasteiger partial charge in [-0.3, -0.25) is 9.59 Å². The summed E-state index contributed by atoms with van der Waals surface area (Å²) in [5.74, 6) is 1.01. The summed E-state index contributed by atoms with van der Waals surface area (Å²) in [5.41, 5.74) is 2.16.